The topological polar surface area (TPSA) is 55.1 Å². The number of rotatable bonds is 4. The van der Waals surface area contributed by atoms with Crippen LogP contribution in [-0.4, -0.2) is 22.0 Å². The highest BCUT2D eigenvalue weighted by Crippen LogP contribution is 1.93. The Labute approximate surface area is 83.8 Å². The molecule has 0 aliphatic carbocycles. The molecule has 1 aromatic heterocycles. The van der Waals surface area contributed by atoms with Crippen molar-refractivity contribution in [2.45, 2.75) is 6.42 Å². The lowest BCUT2D eigenvalue weighted by atomic mass is 10.4. The minimum Gasteiger partial charge on any atom is -0.364 e. The van der Waals surface area contributed by atoms with Gasteiger partial charge in [0.1, 0.15) is 6.26 Å². The Bertz CT molecular complexity index is 236. The number of aromatic nitrogens is 1. The summed E-state index contributed by atoms with van der Waals surface area (Å²) in [5, 5.41) is 6.23. The number of halogens is 1. The van der Waals surface area contributed by atoms with Crippen LogP contribution in [0.2, 0.25) is 0 Å². The lowest BCUT2D eigenvalue weighted by molar-refractivity contribution is 0.0945. The maximum Gasteiger partial charge on any atom is 0.273 e. The quantitative estimate of drug-likeness (QED) is 0.512. The molecule has 0 atom stereocenters. The molecule has 0 radical (unpaired) electrons. The molecule has 1 aromatic rings. The van der Waals surface area contributed by atoms with E-state index in [-0.39, 0.29) is 5.91 Å². The first kappa shape index (κ1) is 9.50. The van der Waals surface area contributed by atoms with Gasteiger partial charge >= 0.3 is 0 Å². The molecule has 0 unspecified atom stereocenters. The van der Waals surface area contributed by atoms with Gasteiger partial charge in [-0.1, -0.05) is 27.7 Å². The van der Waals surface area contributed by atoms with Crippen molar-refractivity contribution in [2.75, 3.05) is 11.0 Å². The summed E-state index contributed by atoms with van der Waals surface area (Å²) in [5.41, 5.74) is 0.337. The smallest absolute Gasteiger partial charge is 0.273 e. The van der Waals surface area contributed by atoms with Crippen LogP contribution < -0.4 is 5.32 Å². The van der Waals surface area contributed by atoms with Crippen LogP contribution in [0.25, 0.3) is 0 Å². The summed E-state index contributed by atoms with van der Waals surface area (Å²) in [6.07, 6.45) is 2.36. The number of amides is 1. The lowest BCUT2D eigenvalue weighted by Crippen LogP contribution is -2.24. The number of hydrogen-bond donors (Lipinski definition) is 1. The third-order valence-corrected chi connectivity index (χ3v) is 2.03. The van der Waals surface area contributed by atoms with Gasteiger partial charge in [0.2, 0.25) is 0 Å². The average molecular weight is 280 g/mol. The van der Waals surface area contributed by atoms with Crippen molar-refractivity contribution in [3.8, 4) is 0 Å². The highest BCUT2D eigenvalue weighted by molar-refractivity contribution is 14.1. The van der Waals surface area contributed by atoms with E-state index in [4.69, 9.17) is 0 Å². The summed E-state index contributed by atoms with van der Waals surface area (Å²) in [4.78, 5) is 11.1. The maximum absolute atomic E-state index is 11.1. The Morgan fingerprint density at radius 1 is 1.75 bits per heavy atom. The van der Waals surface area contributed by atoms with E-state index in [0.717, 1.165) is 10.8 Å². The molecule has 5 heteroatoms. The molecule has 0 saturated heterocycles. The van der Waals surface area contributed by atoms with Gasteiger partial charge in [0.05, 0.1) is 0 Å². The van der Waals surface area contributed by atoms with Gasteiger partial charge in [-0.15, -0.1) is 0 Å². The van der Waals surface area contributed by atoms with Gasteiger partial charge in [0, 0.05) is 17.0 Å². The number of nitrogens with one attached hydrogen (secondary N) is 1. The summed E-state index contributed by atoms with van der Waals surface area (Å²) in [7, 11) is 0. The number of alkyl halides is 1. The Hall–Kier alpha value is -0.590. The summed E-state index contributed by atoms with van der Waals surface area (Å²) in [6, 6.07) is 1.54. The maximum atomic E-state index is 11.1. The summed E-state index contributed by atoms with van der Waals surface area (Å²) in [6.45, 7) is 0.689. The van der Waals surface area contributed by atoms with Crippen molar-refractivity contribution in [1.82, 2.24) is 10.5 Å². The molecule has 0 saturated carbocycles. The van der Waals surface area contributed by atoms with Crippen molar-refractivity contribution in [1.29, 1.82) is 0 Å². The monoisotopic (exact) mass is 280 g/mol. The molecular weight excluding hydrogens is 271 g/mol. The van der Waals surface area contributed by atoms with Gasteiger partial charge in [-0.3, -0.25) is 4.79 Å². The van der Waals surface area contributed by atoms with Crippen LogP contribution in [0.1, 0.15) is 16.9 Å². The summed E-state index contributed by atoms with van der Waals surface area (Å²) < 4.78 is 5.57. The average Bonchev–Trinajstić information content (AvgIpc) is 2.56. The number of hydrogen-bond acceptors (Lipinski definition) is 3. The molecule has 12 heavy (non-hydrogen) atoms. The molecule has 66 valence electrons. The third kappa shape index (κ3) is 2.80. The van der Waals surface area contributed by atoms with E-state index >= 15 is 0 Å². The van der Waals surface area contributed by atoms with Crippen molar-refractivity contribution in [3.63, 3.8) is 0 Å². The Morgan fingerprint density at radius 3 is 3.17 bits per heavy atom. The fourth-order valence-electron chi connectivity index (χ4n) is 0.689. The molecule has 0 fully saturated rings. The minimum absolute atomic E-state index is 0.173. The SMILES string of the molecule is O=C(NCCCI)c1ccon1. The van der Waals surface area contributed by atoms with Gasteiger partial charge in [-0.05, 0) is 6.42 Å². The van der Waals surface area contributed by atoms with Gasteiger partial charge in [-0.2, -0.15) is 0 Å². The minimum atomic E-state index is -0.173. The highest BCUT2D eigenvalue weighted by Gasteiger charge is 2.06. The second-order valence-corrected chi connectivity index (χ2v) is 3.26. The van der Waals surface area contributed by atoms with Crippen LogP contribution >= 0.6 is 22.6 Å². The zero-order chi connectivity index (χ0) is 8.81. The lowest BCUT2D eigenvalue weighted by Gasteiger charge is -1.98. The Morgan fingerprint density at radius 2 is 2.58 bits per heavy atom. The van der Waals surface area contributed by atoms with Crippen LogP contribution in [0.3, 0.4) is 0 Å². The van der Waals surface area contributed by atoms with Crippen molar-refractivity contribution in [3.05, 3.63) is 18.0 Å². The summed E-state index contributed by atoms with van der Waals surface area (Å²) >= 11 is 2.26. The van der Waals surface area contributed by atoms with Crippen LogP contribution in [0.5, 0.6) is 0 Å². The van der Waals surface area contributed by atoms with E-state index in [9.17, 15) is 4.79 Å². The normalized spacial score (nSPS) is 9.75. The van der Waals surface area contributed by atoms with Gasteiger partial charge < -0.3 is 9.84 Å². The summed E-state index contributed by atoms with van der Waals surface area (Å²) in [5.74, 6) is -0.173. The van der Waals surface area contributed by atoms with E-state index in [0.29, 0.717) is 12.2 Å². The zero-order valence-electron chi connectivity index (χ0n) is 6.42. The van der Waals surface area contributed by atoms with E-state index in [1.165, 1.54) is 6.26 Å². The molecule has 0 bridgehead atoms. The van der Waals surface area contributed by atoms with Crippen LogP contribution in [0, 0.1) is 0 Å². The first-order chi connectivity index (χ1) is 5.84. The molecular formula is C7H9IN2O2. The van der Waals surface area contributed by atoms with E-state index in [1.54, 1.807) is 6.07 Å². The van der Waals surface area contributed by atoms with Crippen molar-refractivity contribution in [2.24, 2.45) is 0 Å². The number of carbonyl (C=O) groups excluding carboxylic acids is 1. The molecule has 0 aliphatic rings. The fourth-order valence-corrected chi connectivity index (χ4v) is 1.07. The molecule has 0 aliphatic heterocycles. The molecule has 0 aromatic carbocycles. The first-order valence-corrected chi connectivity index (χ1v) is 5.11. The molecule has 4 nitrogen and oxygen atoms in total. The van der Waals surface area contributed by atoms with Crippen molar-refractivity contribution < 1.29 is 9.32 Å². The molecule has 1 amide bonds. The standard InChI is InChI=1S/C7H9IN2O2/c8-3-1-4-9-7(11)6-2-5-12-10-6/h2,5H,1,3-4H2,(H,9,11). The Kier molecular flexibility index (Phi) is 4.06. The van der Waals surface area contributed by atoms with E-state index in [2.05, 4.69) is 37.6 Å². The molecule has 1 N–H and O–H groups in total. The zero-order valence-corrected chi connectivity index (χ0v) is 8.58. The van der Waals surface area contributed by atoms with Crippen LogP contribution in [0.15, 0.2) is 16.9 Å². The fraction of sp³-hybridized carbons (Fsp3) is 0.429. The Balaban J connectivity index is 2.30. The van der Waals surface area contributed by atoms with E-state index < -0.39 is 0 Å². The highest BCUT2D eigenvalue weighted by atomic mass is 127. The van der Waals surface area contributed by atoms with Gasteiger partial charge in [-0.25, -0.2) is 0 Å². The van der Waals surface area contributed by atoms with Gasteiger partial charge in [0.15, 0.2) is 5.69 Å². The van der Waals surface area contributed by atoms with E-state index in [1.807, 2.05) is 0 Å². The molecule has 0 spiro atoms. The van der Waals surface area contributed by atoms with Crippen molar-refractivity contribution >= 4 is 28.5 Å². The number of carbonyl (C=O) groups is 1. The predicted octanol–water partition coefficient (Wildman–Crippen LogP) is 1.23. The first-order valence-electron chi connectivity index (χ1n) is 3.59. The van der Waals surface area contributed by atoms with Crippen LogP contribution in [0.4, 0.5) is 0 Å². The van der Waals surface area contributed by atoms with Gasteiger partial charge in [0.25, 0.3) is 5.91 Å². The third-order valence-electron chi connectivity index (χ3n) is 1.27. The molecule has 1 heterocycles. The predicted molar refractivity (Wildman–Crippen MR) is 52.3 cm³/mol. The second kappa shape index (κ2) is 5.13. The largest absolute Gasteiger partial charge is 0.364 e. The second-order valence-electron chi connectivity index (χ2n) is 2.18. The molecule has 1 rings (SSSR count). The van der Waals surface area contributed by atoms with Crippen LogP contribution in [-0.2, 0) is 0 Å². The number of nitrogens with zero attached hydrogens (tertiary/aromatic N) is 1.